The third kappa shape index (κ3) is 3.60. The van der Waals surface area contributed by atoms with Gasteiger partial charge in [0.25, 0.3) is 10.0 Å². The summed E-state index contributed by atoms with van der Waals surface area (Å²) in [5.41, 5.74) is 4.91. The van der Waals surface area contributed by atoms with Crippen molar-refractivity contribution >= 4 is 33.2 Å². The Kier molecular flexibility index (Phi) is 5.00. The second kappa shape index (κ2) is 6.66. The number of rotatable bonds is 5. The van der Waals surface area contributed by atoms with Gasteiger partial charge >= 0.3 is 0 Å². The topological polar surface area (TPSA) is 98.5 Å². The van der Waals surface area contributed by atoms with E-state index in [-0.39, 0.29) is 26.7 Å². The van der Waals surface area contributed by atoms with E-state index in [1.807, 2.05) is 0 Å². The van der Waals surface area contributed by atoms with Gasteiger partial charge in [-0.3, -0.25) is 9.52 Å². The minimum atomic E-state index is -4.05. The molecule has 0 heterocycles. The zero-order valence-electron chi connectivity index (χ0n) is 12.8. The lowest BCUT2D eigenvalue weighted by atomic mass is 10.1. The van der Waals surface area contributed by atoms with Gasteiger partial charge in [-0.25, -0.2) is 12.8 Å². The quantitative estimate of drug-likeness (QED) is 0.842. The Morgan fingerprint density at radius 1 is 1.29 bits per heavy atom. The fourth-order valence-electron chi connectivity index (χ4n) is 1.95. The van der Waals surface area contributed by atoms with Crippen LogP contribution in [0.2, 0.25) is 5.02 Å². The van der Waals surface area contributed by atoms with Crippen molar-refractivity contribution in [2.24, 2.45) is 5.73 Å². The van der Waals surface area contributed by atoms with Crippen LogP contribution in [-0.2, 0) is 10.0 Å². The van der Waals surface area contributed by atoms with Gasteiger partial charge in [0.15, 0.2) is 0 Å². The lowest BCUT2D eigenvalue weighted by Crippen LogP contribution is -2.17. The van der Waals surface area contributed by atoms with Gasteiger partial charge in [-0.15, -0.1) is 0 Å². The Bertz CT molecular complexity index is 916. The number of amides is 1. The molecule has 0 saturated carbocycles. The van der Waals surface area contributed by atoms with Crippen molar-refractivity contribution in [2.75, 3.05) is 11.8 Å². The van der Waals surface area contributed by atoms with Crippen molar-refractivity contribution in [3.05, 3.63) is 52.3 Å². The van der Waals surface area contributed by atoms with Crippen molar-refractivity contribution in [3.8, 4) is 5.75 Å². The first-order valence-corrected chi connectivity index (χ1v) is 8.48. The number of ether oxygens (including phenoxy) is 1. The van der Waals surface area contributed by atoms with Crippen molar-refractivity contribution in [2.45, 2.75) is 11.8 Å². The molecular formula is C15H14ClFN2O4S. The van der Waals surface area contributed by atoms with E-state index in [0.717, 1.165) is 6.07 Å². The van der Waals surface area contributed by atoms with Gasteiger partial charge in [-0.05, 0) is 37.3 Å². The summed E-state index contributed by atoms with van der Waals surface area (Å²) in [5, 5.41) is 0.106. The molecule has 1 amide bonds. The molecule has 2 aromatic carbocycles. The number of sulfonamides is 1. The smallest absolute Gasteiger partial charge is 0.261 e. The Labute approximate surface area is 143 Å². The predicted molar refractivity (Wildman–Crippen MR) is 88.5 cm³/mol. The monoisotopic (exact) mass is 372 g/mol. The summed E-state index contributed by atoms with van der Waals surface area (Å²) in [6, 6.07) is 6.00. The van der Waals surface area contributed by atoms with E-state index in [1.165, 1.54) is 38.3 Å². The highest BCUT2D eigenvalue weighted by Crippen LogP contribution is 2.29. The van der Waals surface area contributed by atoms with E-state index >= 15 is 0 Å². The number of anilines is 1. The highest BCUT2D eigenvalue weighted by molar-refractivity contribution is 7.92. The third-order valence-electron chi connectivity index (χ3n) is 3.31. The minimum absolute atomic E-state index is 0.0307. The highest BCUT2D eigenvalue weighted by atomic mass is 35.5. The molecule has 0 saturated heterocycles. The third-order valence-corrected chi connectivity index (χ3v) is 4.97. The van der Waals surface area contributed by atoms with Crippen LogP contribution in [0.1, 0.15) is 15.9 Å². The molecule has 0 aliphatic heterocycles. The Balaban J connectivity index is 2.46. The summed E-state index contributed by atoms with van der Waals surface area (Å²) >= 11 is 5.92. The van der Waals surface area contributed by atoms with E-state index < -0.39 is 21.7 Å². The van der Waals surface area contributed by atoms with Crippen LogP contribution < -0.4 is 15.2 Å². The summed E-state index contributed by atoms with van der Waals surface area (Å²) in [7, 11) is -2.65. The molecule has 9 heteroatoms. The Hall–Kier alpha value is -2.32. The molecule has 0 aromatic heterocycles. The van der Waals surface area contributed by atoms with Gasteiger partial charge in [0.1, 0.15) is 11.6 Å². The normalized spacial score (nSPS) is 11.2. The van der Waals surface area contributed by atoms with Crippen LogP contribution in [-0.4, -0.2) is 21.4 Å². The molecule has 0 fully saturated rings. The van der Waals surface area contributed by atoms with Gasteiger partial charge in [-0.2, -0.15) is 0 Å². The molecule has 0 aliphatic rings. The number of hydrogen-bond donors (Lipinski definition) is 2. The number of nitrogens with one attached hydrogen (secondary N) is 1. The average Bonchev–Trinajstić information content (AvgIpc) is 2.51. The first-order valence-electron chi connectivity index (χ1n) is 6.62. The SMILES string of the molecule is COc1ccc(S(=O)(=O)Nc2cc(C(N)=O)cc(F)c2C)cc1Cl. The minimum Gasteiger partial charge on any atom is -0.495 e. The van der Waals surface area contributed by atoms with E-state index in [2.05, 4.69) is 4.72 Å². The number of methoxy groups -OCH3 is 1. The van der Waals surface area contributed by atoms with Crippen LogP contribution in [0.4, 0.5) is 10.1 Å². The van der Waals surface area contributed by atoms with Gasteiger partial charge in [0, 0.05) is 11.1 Å². The van der Waals surface area contributed by atoms with Gasteiger partial charge in [0.05, 0.1) is 22.7 Å². The van der Waals surface area contributed by atoms with Crippen LogP contribution in [0.25, 0.3) is 0 Å². The van der Waals surface area contributed by atoms with E-state index in [9.17, 15) is 17.6 Å². The number of halogens is 2. The zero-order valence-corrected chi connectivity index (χ0v) is 14.3. The first kappa shape index (κ1) is 18.0. The number of carbonyl (C=O) groups excluding carboxylic acids is 1. The molecule has 6 nitrogen and oxygen atoms in total. The van der Waals surface area contributed by atoms with E-state index in [0.29, 0.717) is 5.75 Å². The fourth-order valence-corrected chi connectivity index (χ4v) is 3.41. The molecule has 24 heavy (non-hydrogen) atoms. The lowest BCUT2D eigenvalue weighted by Gasteiger charge is -2.13. The maximum Gasteiger partial charge on any atom is 0.261 e. The van der Waals surface area contributed by atoms with Gasteiger partial charge < -0.3 is 10.5 Å². The summed E-state index contributed by atoms with van der Waals surface area (Å²) in [4.78, 5) is 11.1. The molecule has 128 valence electrons. The summed E-state index contributed by atoms with van der Waals surface area (Å²) in [6.45, 7) is 1.37. The van der Waals surface area contributed by atoms with Crippen LogP contribution in [0.3, 0.4) is 0 Å². The zero-order chi connectivity index (χ0) is 18.1. The number of benzene rings is 2. The molecule has 0 aliphatic carbocycles. The van der Waals surface area contributed by atoms with E-state index in [1.54, 1.807) is 0 Å². The molecular weight excluding hydrogens is 359 g/mol. The first-order chi connectivity index (χ1) is 11.2. The predicted octanol–water partition coefficient (Wildman–Crippen LogP) is 2.70. The molecule has 0 radical (unpaired) electrons. The molecule has 0 spiro atoms. The number of primary amides is 1. The second-order valence-corrected chi connectivity index (χ2v) is 6.99. The molecule has 2 rings (SSSR count). The number of carbonyl (C=O) groups is 1. The highest BCUT2D eigenvalue weighted by Gasteiger charge is 2.19. The fraction of sp³-hybridized carbons (Fsp3) is 0.133. The number of nitrogens with two attached hydrogens (primary N) is 1. The average molecular weight is 373 g/mol. The molecule has 0 bridgehead atoms. The maximum absolute atomic E-state index is 13.9. The largest absolute Gasteiger partial charge is 0.495 e. The van der Waals surface area contributed by atoms with E-state index in [4.69, 9.17) is 22.1 Å². The Morgan fingerprint density at radius 3 is 2.50 bits per heavy atom. The van der Waals surface area contributed by atoms with Crippen molar-refractivity contribution in [3.63, 3.8) is 0 Å². The summed E-state index contributed by atoms with van der Waals surface area (Å²) in [5.74, 6) is -1.31. The van der Waals surface area contributed by atoms with Crippen LogP contribution in [0.5, 0.6) is 5.75 Å². The van der Waals surface area contributed by atoms with Crippen LogP contribution in [0, 0.1) is 12.7 Å². The lowest BCUT2D eigenvalue weighted by molar-refractivity contribution is 0.1000. The molecule has 2 aromatic rings. The van der Waals surface area contributed by atoms with Gasteiger partial charge in [-0.1, -0.05) is 11.6 Å². The van der Waals surface area contributed by atoms with Crippen molar-refractivity contribution in [1.29, 1.82) is 0 Å². The Morgan fingerprint density at radius 2 is 1.96 bits per heavy atom. The van der Waals surface area contributed by atoms with Crippen LogP contribution >= 0.6 is 11.6 Å². The van der Waals surface area contributed by atoms with Crippen molar-refractivity contribution < 1.29 is 22.3 Å². The molecule has 3 N–H and O–H groups in total. The number of hydrogen-bond acceptors (Lipinski definition) is 4. The molecule has 0 atom stereocenters. The van der Waals surface area contributed by atoms with Crippen molar-refractivity contribution in [1.82, 2.24) is 0 Å². The second-order valence-electron chi connectivity index (χ2n) is 4.90. The van der Waals surface area contributed by atoms with Crippen LogP contribution in [0.15, 0.2) is 35.2 Å². The maximum atomic E-state index is 13.9. The van der Waals surface area contributed by atoms with Gasteiger partial charge in [0.2, 0.25) is 5.91 Å². The standard InChI is InChI=1S/C15H14ClFN2O4S/c1-8-12(17)5-9(15(18)20)6-13(8)19-24(21,22)10-3-4-14(23-2)11(16)7-10/h3-7,19H,1-2H3,(H2,18,20). The summed E-state index contributed by atoms with van der Waals surface area (Å²) in [6.07, 6.45) is 0. The summed E-state index contributed by atoms with van der Waals surface area (Å²) < 4.78 is 45.9. The molecule has 0 unspecified atom stereocenters.